The number of halogens is 1. The summed E-state index contributed by atoms with van der Waals surface area (Å²) >= 11 is 0. The number of alkyl halides is 1. The molecular formula is C20H21FN8. The number of rotatable bonds is 6. The average Bonchev–Trinajstić information content (AvgIpc) is 3.12. The summed E-state index contributed by atoms with van der Waals surface area (Å²) in [5.74, 6) is 1.62. The number of pyridine rings is 1. The number of hydrogen-bond acceptors (Lipinski definition) is 6. The Morgan fingerprint density at radius 1 is 1.24 bits per heavy atom. The molecule has 0 spiro atoms. The van der Waals surface area contributed by atoms with E-state index in [1.165, 1.54) is 0 Å². The molecule has 3 atom stereocenters. The molecule has 0 aromatic carbocycles. The van der Waals surface area contributed by atoms with E-state index in [4.69, 9.17) is 4.98 Å². The predicted molar refractivity (Wildman–Crippen MR) is 109 cm³/mol. The van der Waals surface area contributed by atoms with E-state index in [1.807, 2.05) is 30.5 Å². The van der Waals surface area contributed by atoms with Crippen molar-refractivity contribution in [1.82, 2.24) is 30.1 Å². The van der Waals surface area contributed by atoms with Gasteiger partial charge in [-0.25, -0.2) is 9.37 Å². The zero-order valence-electron chi connectivity index (χ0n) is 16.1. The lowest BCUT2D eigenvalue weighted by molar-refractivity contribution is 0.466. The van der Waals surface area contributed by atoms with Gasteiger partial charge in [-0.05, 0) is 24.6 Å². The van der Waals surface area contributed by atoms with Crippen molar-refractivity contribution in [2.45, 2.75) is 31.4 Å². The molecule has 4 N–H and O–H groups in total. The molecular weight excluding hydrogens is 371 g/mol. The van der Waals surface area contributed by atoms with Crippen LogP contribution < -0.4 is 10.6 Å². The van der Waals surface area contributed by atoms with Crippen LogP contribution in [0.1, 0.15) is 42.1 Å². The van der Waals surface area contributed by atoms with E-state index in [0.717, 1.165) is 28.0 Å². The van der Waals surface area contributed by atoms with Gasteiger partial charge in [0, 0.05) is 54.3 Å². The first kappa shape index (κ1) is 17.6. The van der Waals surface area contributed by atoms with Gasteiger partial charge in [-0.3, -0.25) is 10.1 Å². The minimum absolute atomic E-state index is 0.0419. The van der Waals surface area contributed by atoms with Crippen LogP contribution in [0.25, 0.3) is 11.0 Å². The van der Waals surface area contributed by atoms with Crippen LogP contribution in [0, 0.1) is 0 Å². The molecule has 9 heteroatoms. The van der Waals surface area contributed by atoms with Gasteiger partial charge in [0.05, 0.1) is 11.0 Å². The van der Waals surface area contributed by atoms with Crippen molar-refractivity contribution < 1.29 is 4.39 Å². The first-order valence-electron chi connectivity index (χ1n) is 9.57. The molecule has 1 fully saturated rings. The van der Waals surface area contributed by atoms with Gasteiger partial charge in [0.2, 0.25) is 5.95 Å². The lowest BCUT2D eigenvalue weighted by Crippen LogP contribution is -2.08. The van der Waals surface area contributed by atoms with E-state index in [-0.39, 0.29) is 11.8 Å². The summed E-state index contributed by atoms with van der Waals surface area (Å²) in [7, 11) is 1.77. The van der Waals surface area contributed by atoms with E-state index in [0.29, 0.717) is 24.0 Å². The standard InChI is InChI=1S/C20H21FN8/c1-10(14-3-4-15-16(25-14)5-6-23-15)12-9-24-20(22-2)27-19(12)26-18-8-17(28-29-18)11-7-13(11)21/h3-6,8-11,13,23H,7H2,1-2H3,(H3,22,24,26,27,28,29)/t10-,11+,13-/m1/s1. The van der Waals surface area contributed by atoms with E-state index >= 15 is 0 Å². The van der Waals surface area contributed by atoms with Crippen molar-refractivity contribution in [2.24, 2.45) is 0 Å². The zero-order valence-corrected chi connectivity index (χ0v) is 16.1. The normalized spacial score (nSPS) is 19.3. The van der Waals surface area contributed by atoms with Crippen LogP contribution in [0.4, 0.5) is 22.0 Å². The quantitative estimate of drug-likeness (QED) is 0.397. The Kier molecular flexibility index (Phi) is 4.15. The van der Waals surface area contributed by atoms with Crippen molar-refractivity contribution >= 4 is 28.6 Å². The smallest absolute Gasteiger partial charge is 0.224 e. The van der Waals surface area contributed by atoms with Crippen LogP contribution in [0.15, 0.2) is 36.7 Å². The Labute approximate surface area is 166 Å². The molecule has 0 saturated heterocycles. The molecule has 4 aromatic heterocycles. The second-order valence-electron chi connectivity index (χ2n) is 7.31. The summed E-state index contributed by atoms with van der Waals surface area (Å²) in [5.41, 5.74) is 4.53. The van der Waals surface area contributed by atoms with Crippen LogP contribution >= 0.6 is 0 Å². The van der Waals surface area contributed by atoms with E-state index < -0.39 is 6.17 Å². The van der Waals surface area contributed by atoms with Gasteiger partial charge in [-0.2, -0.15) is 10.1 Å². The molecule has 4 aromatic rings. The lowest BCUT2D eigenvalue weighted by Gasteiger charge is -2.16. The van der Waals surface area contributed by atoms with Crippen molar-refractivity contribution in [3.05, 3.63) is 53.6 Å². The van der Waals surface area contributed by atoms with Crippen LogP contribution in [-0.2, 0) is 0 Å². The molecule has 0 bridgehead atoms. The number of anilines is 3. The number of hydrogen-bond donors (Lipinski definition) is 4. The fourth-order valence-corrected chi connectivity index (χ4v) is 3.48. The topological polar surface area (TPSA) is 107 Å². The molecule has 1 aliphatic carbocycles. The van der Waals surface area contributed by atoms with Gasteiger partial charge in [-0.1, -0.05) is 6.92 Å². The molecule has 0 aliphatic heterocycles. The Morgan fingerprint density at radius 2 is 2.10 bits per heavy atom. The Bertz CT molecular complexity index is 1170. The highest BCUT2D eigenvalue weighted by atomic mass is 19.1. The molecule has 0 unspecified atom stereocenters. The Balaban J connectivity index is 1.48. The highest BCUT2D eigenvalue weighted by Crippen LogP contribution is 2.43. The maximum absolute atomic E-state index is 13.3. The SMILES string of the molecule is CNc1ncc([C@@H](C)c2ccc3[nH]ccc3n2)c(Nc2cc([C@H]3C[C@H]3F)[nH]n2)n1. The largest absolute Gasteiger partial charge is 0.360 e. The molecule has 4 heterocycles. The van der Waals surface area contributed by atoms with Gasteiger partial charge in [0.25, 0.3) is 0 Å². The summed E-state index contributed by atoms with van der Waals surface area (Å²) in [6.07, 6.45) is 3.44. The maximum atomic E-state index is 13.3. The van der Waals surface area contributed by atoms with Gasteiger partial charge >= 0.3 is 0 Å². The van der Waals surface area contributed by atoms with Gasteiger partial charge in [-0.15, -0.1) is 0 Å². The number of aromatic nitrogens is 6. The summed E-state index contributed by atoms with van der Waals surface area (Å²) in [6, 6.07) is 7.81. The van der Waals surface area contributed by atoms with Gasteiger partial charge in [0.15, 0.2) is 5.82 Å². The minimum atomic E-state index is -0.775. The number of nitrogens with one attached hydrogen (secondary N) is 4. The van der Waals surface area contributed by atoms with Gasteiger partial charge < -0.3 is 15.6 Å². The lowest BCUT2D eigenvalue weighted by atomic mass is 9.98. The Morgan fingerprint density at radius 3 is 2.90 bits per heavy atom. The van der Waals surface area contributed by atoms with Crippen LogP contribution in [0.2, 0.25) is 0 Å². The number of nitrogens with zero attached hydrogens (tertiary/aromatic N) is 4. The fraction of sp³-hybridized carbons (Fsp3) is 0.300. The summed E-state index contributed by atoms with van der Waals surface area (Å²) in [5, 5.41) is 13.4. The summed E-state index contributed by atoms with van der Waals surface area (Å²) < 4.78 is 13.3. The molecule has 5 rings (SSSR count). The third-order valence-corrected chi connectivity index (χ3v) is 5.33. The highest BCUT2D eigenvalue weighted by molar-refractivity contribution is 5.75. The maximum Gasteiger partial charge on any atom is 0.224 e. The summed E-state index contributed by atoms with van der Waals surface area (Å²) in [4.78, 5) is 16.9. The predicted octanol–water partition coefficient (Wildman–Crippen LogP) is 3.84. The van der Waals surface area contributed by atoms with Crippen LogP contribution in [0.5, 0.6) is 0 Å². The fourth-order valence-electron chi connectivity index (χ4n) is 3.48. The zero-order chi connectivity index (χ0) is 20.0. The van der Waals surface area contributed by atoms with E-state index in [9.17, 15) is 4.39 Å². The third kappa shape index (κ3) is 3.28. The molecule has 1 aliphatic rings. The van der Waals surface area contributed by atoms with Crippen molar-refractivity contribution in [1.29, 1.82) is 0 Å². The molecule has 148 valence electrons. The Hall–Kier alpha value is -3.49. The van der Waals surface area contributed by atoms with Crippen LogP contribution in [0.3, 0.4) is 0 Å². The number of fused-ring (bicyclic) bond motifs is 1. The number of aromatic amines is 2. The van der Waals surface area contributed by atoms with Crippen molar-refractivity contribution in [3.8, 4) is 0 Å². The molecule has 29 heavy (non-hydrogen) atoms. The first-order valence-corrected chi connectivity index (χ1v) is 9.57. The number of H-pyrrole nitrogens is 2. The minimum Gasteiger partial charge on any atom is -0.360 e. The second-order valence-corrected chi connectivity index (χ2v) is 7.31. The summed E-state index contributed by atoms with van der Waals surface area (Å²) in [6.45, 7) is 2.07. The van der Waals surface area contributed by atoms with E-state index in [2.05, 4.69) is 42.7 Å². The monoisotopic (exact) mass is 392 g/mol. The van der Waals surface area contributed by atoms with Crippen LogP contribution in [-0.4, -0.2) is 43.4 Å². The molecule has 0 amide bonds. The molecule has 8 nitrogen and oxygen atoms in total. The van der Waals surface area contributed by atoms with E-state index in [1.54, 1.807) is 13.2 Å². The molecule has 0 radical (unpaired) electrons. The second kappa shape index (κ2) is 6.84. The van der Waals surface area contributed by atoms with Crippen molar-refractivity contribution in [2.75, 3.05) is 17.7 Å². The van der Waals surface area contributed by atoms with Gasteiger partial charge in [0.1, 0.15) is 12.0 Å². The average molecular weight is 392 g/mol. The van der Waals surface area contributed by atoms with Crippen molar-refractivity contribution in [3.63, 3.8) is 0 Å². The molecule has 1 saturated carbocycles. The first-order chi connectivity index (χ1) is 14.1. The third-order valence-electron chi connectivity index (χ3n) is 5.33. The highest BCUT2D eigenvalue weighted by Gasteiger charge is 2.40.